The number of unbranched alkanes of at least 4 members (excludes halogenated alkanes) is 1. The lowest BCUT2D eigenvalue weighted by Crippen LogP contribution is -2.17. The SMILES string of the molecule is CCCCN(c1ccccc1)c1ccccc1.Nc1ccc2cccc3c2c1C=CC3N. The predicted octanol–water partition coefficient (Wildman–Crippen LogP) is 7.07. The van der Waals surface area contributed by atoms with E-state index in [1.807, 2.05) is 30.4 Å². The summed E-state index contributed by atoms with van der Waals surface area (Å²) in [6.07, 6.45) is 6.45. The zero-order chi connectivity index (χ0) is 22.3. The van der Waals surface area contributed by atoms with Crippen LogP contribution in [0.25, 0.3) is 16.8 Å². The molecule has 1 aliphatic carbocycles. The molecule has 1 atom stereocenters. The fraction of sp³-hybridized carbons (Fsp3) is 0.172. The third-order valence-electron chi connectivity index (χ3n) is 5.85. The Hall–Kier alpha value is -3.56. The summed E-state index contributed by atoms with van der Waals surface area (Å²) >= 11 is 0. The molecule has 162 valence electrons. The molecule has 4 aromatic carbocycles. The van der Waals surface area contributed by atoms with E-state index in [-0.39, 0.29) is 6.04 Å². The van der Waals surface area contributed by atoms with Gasteiger partial charge in [-0.25, -0.2) is 0 Å². The molecule has 0 heterocycles. The molecule has 0 radical (unpaired) electrons. The van der Waals surface area contributed by atoms with Crippen molar-refractivity contribution in [2.45, 2.75) is 25.8 Å². The molecule has 0 spiro atoms. The number of rotatable bonds is 5. The zero-order valence-corrected chi connectivity index (χ0v) is 18.6. The molecule has 0 saturated carbocycles. The Morgan fingerprint density at radius 1 is 0.781 bits per heavy atom. The Bertz CT molecular complexity index is 1140. The van der Waals surface area contributed by atoms with Crippen LogP contribution in [0.2, 0.25) is 0 Å². The number of nitrogens with zero attached hydrogens (tertiary/aromatic N) is 1. The minimum absolute atomic E-state index is 0.0111. The summed E-state index contributed by atoms with van der Waals surface area (Å²) in [5.41, 5.74) is 17.6. The summed E-state index contributed by atoms with van der Waals surface area (Å²) in [7, 11) is 0. The Labute approximate surface area is 191 Å². The monoisotopic (exact) mass is 421 g/mol. The van der Waals surface area contributed by atoms with E-state index in [1.54, 1.807) is 0 Å². The van der Waals surface area contributed by atoms with Gasteiger partial charge in [-0.05, 0) is 53.1 Å². The Kier molecular flexibility index (Phi) is 6.88. The first-order chi connectivity index (χ1) is 15.7. The minimum Gasteiger partial charge on any atom is -0.398 e. The van der Waals surface area contributed by atoms with Crippen LogP contribution >= 0.6 is 0 Å². The van der Waals surface area contributed by atoms with Gasteiger partial charge < -0.3 is 16.4 Å². The second-order valence-electron chi connectivity index (χ2n) is 8.08. The standard InChI is InChI=1S/C16H19N.C13H12N2/c1-2-3-14-17(15-10-6-4-7-11-15)16-12-8-5-9-13-16;14-11-6-4-8-2-1-3-9-12(15)7-5-10(11)13(8)9/h4-13H,2-3,14H2,1H3;1-7,12H,14-15H2. The fourth-order valence-corrected chi connectivity index (χ4v) is 4.15. The van der Waals surface area contributed by atoms with Gasteiger partial charge in [-0.3, -0.25) is 0 Å². The molecule has 3 heteroatoms. The summed E-state index contributed by atoms with van der Waals surface area (Å²) in [6, 6.07) is 31.4. The first-order valence-electron chi connectivity index (χ1n) is 11.3. The van der Waals surface area contributed by atoms with Crippen molar-refractivity contribution in [2.24, 2.45) is 5.73 Å². The maximum atomic E-state index is 6.03. The second kappa shape index (κ2) is 10.2. The molecule has 1 unspecified atom stereocenters. The number of nitrogen functional groups attached to an aromatic ring is 1. The van der Waals surface area contributed by atoms with E-state index >= 15 is 0 Å². The van der Waals surface area contributed by atoms with Crippen LogP contribution in [-0.2, 0) is 0 Å². The van der Waals surface area contributed by atoms with Crippen molar-refractivity contribution in [1.29, 1.82) is 0 Å². The van der Waals surface area contributed by atoms with E-state index in [9.17, 15) is 0 Å². The van der Waals surface area contributed by atoms with Gasteiger partial charge in [-0.15, -0.1) is 0 Å². The van der Waals surface area contributed by atoms with E-state index in [0.29, 0.717) is 0 Å². The maximum absolute atomic E-state index is 6.03. The van der Waals surface area contributed by atoms with Gasteiger partial charge in [0, 0.05) is 35.2 Å². The normalized spacial score (nSPS) is 14.0. The van der Waals surface area contributed by atoms with Crippen LogP contribution in [0.5, 0.6) is 0 Å². The van der Waals surface area contributed by atoms with Crippen molar-refractivity contribution >= 4 is 33.9 Å². The third-order valence-corrected chi connectivity index (χ3v) is 5.85. The smallest absolute Gasteiger partial charge is 0.0490 e. The van der Waals surface area contributed by atoms with Crippen molar-refractivity contribution in [1.82, 2.24) is 0 Å². The molecule has 3 nitrogen and oxygen atoms in total. The van der Waals surface area contributed by atoms with Gasteiger partial charge in [0.15, 0.2) is 0 Å². The number of benzene rings is 4. The highest BCUT2D eigenvalue weighted by atomic mass is 15.1. The Morgan fingerprint density at radius 2 is 1.44 bits per heavy atom. The van der Waals surface area contributed by atoms with Crippen LogP contribution in [0.1, 0.15) is 36.9 Å². The molecular formula is C29H31N3. The summed E-state index contributed by atoms with van der Waals surface area (Å²) < 4.78 is 0. The number of hydrogen-bond acceptors (Lipinski definition) is 3. The van der Waals surface area contributed by atoms with E-state index in [1.165, 1.54) is 35.0 Å². The van der Waals surface area contributed by atoms with Crippen molar-refractivity contribution in [3.8, 4) is 0 Å². The first kappa shape index (κ1) is 21.7. The fourth-order valence-electron chi connectivity index (χ4n) is 4.15. The highest BCUT2D eigenvalue weighted by Crippen LogP contribution is 2.35. The minimum atomic E-state index is -0.0111. The van der Waals surface area contributed by atoms with E-state index in [0.717, 1.165) is 23.4 Å². The van der Waals surface area contributed by atoms with Crippen LogP contribution in [0.15, 0.2) is 97.1 Å². The van der Waals surface area contributed by atoms with E-state index in [4.69, 9.17) is 11.5 Å². The van der Waals surface area contributed by atoms with Gasteiger partial charge in [0.2, 0.25) is 0 Å². The second-order valence-corrected chi connectivity index (χ2v) is 8.08. The average molecular weight is 422 g/mol. The Morgan fingerprint density at radius 3 is 2.06 bits per heavy atom. The van der Waals surface area contributed by atoms with Crippen LogP contribution in [0, 0.1) is 0 Å². The van der Waals surface area contributed by atoms with Crippen LogP contribution in [-0.4, -0.2) is 6.54 Å². The van der Waals surface area contributed by atoms with Gasteiger partial charge in [0.1, 0.15) is 0 Å². The van der Waals surface area contributed by atoms with Crippen molar-refractivity contribution in [3.05, 3.63) is 108 Å². The molecule has 0 fully saturated rings. The van der Waals surface area contributed by atoms with Gasteiger partial charge in [0.25, 0.3) is 0 Å². The highest BCUT2D eigenvalue weighted by Gasteiger charge is 2.15. The number of anilines is 3. The number of nitrogens with two attached hydrogens (primary N) is 2. The molecule has 0 saturated heterocycles. The lowest BCUT2D eigenvalue weighted by molar-refractivity contribution is 0.786. The van der Waals surface area contributed by atoms with Crippen molar-refractivity contribution < 1.29 is 0 Å². The lowest BCUT2D eigenvalue weighted by Gasteiger charge is -2.24. The zero-order valence-electron chi connectivity index (χ0n) is 18.6. The van der Waals surface area contributed by atoms with Crippen LogP contribution in [0.3, 0.4) is 0 Å². The Balaban J connectivity index is 0.000000154. The summed E-state index contributed by atoms with van der Waals surface area (Å²) in [5, 5.41) is 2.41. The molecule has 32 heavy (non-hydrogen) atoms. The topological polar surface area (TPSA) is 55.3 Å². The van der Waals surface area contributed by atoms with Gasteiger partial charge >= 0.3 is 0 Å². The molecule has 0 aromatic heterocycles. The lowest BCUT2D eigenvalue weighted by atomic mass is 9.90. The third kappa shape index (κ3) is 4.68. The van der Waals surface area contributed by atoms with Crippen molar-refractivity contribution in [2.75, 3.05) is 17.2 Å². The number of para-hydroxylation sites is 2. The van der Waals surface area contributed by atoms with Gasteiger partial charge in [-0.1, -0.05) is 86.2 Å². The predicted molar refractivity (Wildman–Crippen MR) is 139 cm³/mol. The van der Waals surface area contributed by atoms with Gasteiger partial charge in [-0.2, -0.15) is 0 Å². The number of hydrogen-bond donors (Lipinski definition) is 2. The highest BCUT2D eigenvalue weighted by molar-refractivity contribution is 5.99. The van der Waals surface area contributed by atoms with Crippen LogP contribution < -0.4 is 16.4 Å². The molecule has 0 amide bonds. The van der Waals surface area contributed by atoms with E-state index < -0.39 is 0 Å². The van der Waals surface area contributed by atoms with Gasteiger partial charge in [0.05, 0.1) is 0 Å². The molecule has 0 bridgehead atoms. The largest absolute Gasteiger partial charge is 0.398 e. The van der Waals surface area contributed by atoms with Crippen LogP contribution in [0.4, 0.5) is 17.1 Å². The quantitative estimate of drug-likeness (QED) is 0.339. The molecule has 0 aliphatic heterocycles. The molecule has 4 aromatic rings. The average Bonchev–Trinajstić information content (AvgIpc) is 2.85. The van der Waals surface area contributed by atoms with Crippen molar-refractivity contribution in [3.63, 3.8) is 0 Å². The molecular weight excluding hydrogens is 390 g/mol. The summed E-state index contributed by atoms with van der Waals surface area (Å²) in [5.74, 6) is 0. The molecule has 1 aliphatic rings. The summed E-state index contributed by atoms with van der Waals surface area (Å²) in [4.78, 5) is 2.38. The summed E-state index contributed by atoms with van der Waals surface area (Å²) in [6.45, 7) is 3.30. The molecule has 5 rings (SSSR count). The molecule has 4 N–H and O–H groups in total. The maximum Gasteiger partial charge on any atom is 0.0490 e. The van der Waals surface area contributed by atoms with E-state index in [2.05, 4.69) is 84.6 Å². The first-order valence-corrected chi connectivity index (χ1v) is 11.3.